The zero-order valence-corrected chi connectivity index (χ0v) is 10.7. The molecule has 5 nitrogen and oxygen atoms in total. The Kier molecular flexibility index (Phi) is 5.12. The van der Waals surface area contributed by atoms with E-state index in [9.17, 15) is 9.59 Å². The zero-order chi connectivity index (χ0) is 12.8. The van der Waals surface area contributed by atoms with Crippen LogP contribution in [-0.4, -0.2) is 23.6 Å². The topological polar surface area (TPSA) is 70.6 Å². The molecular weight excluding hydrogens is 218 g/mol. The van der Waals surface area contributed by atoms with E-state index in [1.165, 1.54) is 6.42 Å². The molecule has 0 aromatic heterocycles. The van der Waals surface area contributed by atoms with Crippen molar-refractivity contribution in [3.05, 3.63) is 0 Å². The average Bonchev–Trinajstić information content (AvgIpc) is 2.26. The number of hydrogen-bond donors (Lipinski definition) is 2. The molecule has 2 amide bonds. The molecule has 0 radical (unpaired) electrons. The molecular formula is C12H21N3O2. The van der Waals surface area contributed by atoms with Crippen LogP contribution in [0.25, 0.3) is 0 Å². The van der Waals surface area contributed by atoms with Crippen LogP contribution in [0.3, 0.4) is 0 Å². The molecule has 1 aliphatic carbocycles. The lowest BCUT2D eigenvalue weighted by atomic mass is 9.89. The van der Waals surface area contributed by atoms with Gasteiger partial charge in [0.05, 0.1) is 0 Å². The highest BCUT2D eigenvalue weighted by molar-refractivity contribution is 6.35. The van der Waals surface area contributed by atoms with Crippen LogP contribution in [0, 0.1) is 5.92 Å². The van der Waals surface area contributed by atoms with E-state index < -0.39 is 11.8 Å². The molecule has 1 saturated carbocycles. The highest BCUT2D eigenvalue weighted by atomic mass is 16.2. The van der Waals surface area contributed by atoms with Gasteiger partial charge in [-0.05, 0) is 39.0 Å². The predicted molar refractivity (Wildman–Crippen MR) is 66.5 cm³/mol. The Morgan fingerprint density at radius 1 is 1.29 bits per heavy atom. The van der Waals surface area contributed by atoms with Crippen LogP contribution in [0.5, 0.6) is 0 Å². The summed E-state index contributed by atoms with van der Waals surface area (Å²) in [5, 5.41) is 6.57. The van der Waals surface area contributed by atoms with E-state index in [4.69, 9.17) is 0 Å². The summed E-state index contributed by atoms with van der Waals surface area (Å²) in [5.41, 5.74) is 3.31. The smallest absolute Gasteiger partial charge is 0.329 e. The molecule has 0 heterocycles. The first-order chi connectivity index (χ1) is 8.00. The monoisotopic (exact) mass is 239 g/mol. The molecule has 96 valence electrons. The number of carbonyl (C=O) groups excluding carboxylic acids is 2. The van der Waals surface area contributed by atoms with Crippen molar-refractivity contribution in [3.63, 3.8) is 0 Å². The van der Waals surface area contributed by atoms with Crippen molar-refractivity contribution in [2.24, 2.45) is 11.0 Å². The molecule has 0 aromatic carbocycles. The minimum absolute atomic E-state index is 0.0468. The third-order valence-corrected chi connectivity index (χ3v) is 2.82. The van der Waals surface area contributed by atoms with Crippen molar-refractivity contribution in [3.8, 4) is 0 Å². The largest absolute Gasteiger partial charge is 0.346 e. The van der Waals surface area contributed by atoms with Crippen molar-refractivity contribution in [2.75, 3.05) is 0 Å². The van der Waals surface area contributed by atoms with Crippen LogP contribution in [0.2, 0.25) is 0 Å². The maximum Gasteiger partial charge on any atom is 0.329 e. The first-order valence-corrected chi connectivity index (χ1v) is 6.18. The molecule has 1 rings (SSSR count). The number of carbonyl (C=O) groups is 2. The predicted octanol–water partition coefficient (Wildman–Crippen LogP) is 1.19. The molecule has 0 unspecified atom stereocenters. The summed E-state index contributed by atoms with van der Waals surface area (Å²) in [6.45, 7) is 5.71. The lowest BCUT2D eigenvalue weighted by Crippen LogP contribution is -2.41. The van der Waals surface area contributed by atoms with Gasteiger partial charge in [0, 0.05) is 11.8 Å². The van der Waals surface area contributed by atoms with Gasteiger partial charge in [-0.15, -0.1) is 0 Å². The first-order valence-electron chi connectivity index (χ1n) is 6.18. The number of nitrogens with zero attached hydrogens (tertiary/aromatic N) is 1. The van der Waals surface area contributed by atoms with E-state index in [1.54, 1.807) is 13.8 Å². The van der Waals surface area contributed by atoms with Gasteiger partial charge >= 0.3 is 11.8 Å². The van der Waals surface area contributed by atoms with E-state index in [2.05, 4.69) is 22.8 Å². The van der Waals surface area contributed by atoms with Crippen molar-refractivity contribution in [1.82, 2.24) is 10.7 Å². The van der Waals surface area contributed by atoms with E-state index in [-0.39, 0.29) is 6.04 Å². The Bertz CT molecular complexity index is 324. The third-order valence-electron chi connectivity index (χ3n) is 2.82. The number of hydrogen-bond acceptors (Lipinski definition) is 3. The summed E-state index contributed by atoms with van der Waals surface area (Å²) in [4.78, 5) is 22.7. The third kappa shape index (κ3) is 4.54. The van der Waals surface area contributed by atoms with Gasteiger partial charge < -0.3 is 5.32 Å². The van der Waals surface area contributed by atoms with Gasteiger partial charge in [-0.3, -0.25) is 9.59 Å². The maximum atomic E-state index is 11.4. The molecule has 17 heavy (non-hydrogen) atoms. The fraction of sp³-hybridized carbons (Fsp3) is 0.750. The van der Waals surface area contributed by atoms with Crippen molar-refractivity contribution in [1.29, 1.82) is 0 Å². The quantitative estimate of drug-likeness (QED) is 0.561. The molecule has 2 N–H and O–H groups in total. The van der Waals surface area contributed by atoms with Crippen LogP contribution in [0.4, 0.5) is 0 Å². The number of rotatable bonds is 2. The van der Waals surface area contributed by atoms with Gasteiger partial charge in [0.2, 0.25) is 0 Å². The van der Waals surface area contributed by atoms with Gasteiger partial charge in [0.15, 0.2) is 0 Å². The van der Waals surface area contributed by atoms with E-state index in [1.807, 2.05) is 0 Å². The Labute approximate surface area is 102 Å². The summed E-state index contributed by atoms with van der Waals surface area (Å²) in [6, 6.07) is -0.0468. The highest BCUT2D eigenvalue weighted by Gasteiger charge is 2.18. The molecule has 0 bridgehead atoms. The second-order valence-electron chi connectivity index (χ2n) is 4.82. The molecule has 0 saturated heterocycles. The van der Waals surface area contributed by atoms with Gasteiger partial charge in [0.1, 0.15) is 0 Å². The summed E-state index contributed by atoms with van der Waals surface area (Å²) < 4.78 is 0. The summed E-state index contributed by atoms with van der Waals surface area (Å²) >= 11 is 0. The SMILES string of the molecule is CC(C)NC(=O)C(=O)N/N=C1/CCCC[C@H]1C. The summed E-state index contributed by atoms with van der Waals surface area (Å²) in [6.07, 6.45) is 4.33. The Morgan fingerprint density at radius 3 is 2.59 bits per heavy atom. The van der Waals surface area contributed by atoms with Crippen LogP contribution < -0.4 is 10.7 Å². The van der Waals surface area contributed by atoms with E-state index in [0.29, 0.717) is 5.92 Å². The van der Waals surface area contributed by atoms with Crippen molar-refractivity contribution >= 4 is 17.5 Å². The summed E-state index contributed by atoms with van der Waals surface area (Å²) in [5.74, 6) is -0.922. The lowest BCUT2D eigenvalue weighted by Gasteiger charge is -2.19. The van der Waals surface area contributed by atoms with E-state index in [0.717, 1.165) is 25.0 Å². The fourth-order valence-electron chi connectivity index (χ4n) is 1.84. The Morgan fingerprint density at radius 2 is 2.00 bits per heavy atom. The second-order valence-corrected chi connectivity index (χ2v) is 4.82. The molecule has 1 atom stereocenters. The summed E-state index contributed by atoms with van der Waals surface area (Å²) in [7, 11) is 0. The highest BCUT2D eigenvalue weighted by Crippen LogP contribution is 2.20. The molecule has 0 spiro atoms. The molecule has 0 aliphatic heterocycles. The molecule has 1 aliphatic rings. The Hall–Kier alpha value is -1.39. The molecule has 1 fully saturated rings. The normalized spacial score (nSPS) is 22.6. The maximum absolute atomic E-state index is 11.4. The first kappa shape index (κ1) is 13.7. The van der Waals surface area contributed by atoms with Gasteiger partial charge in [-0.1, -0.05) is 13.3 Å². The standard InChI is InChI=1S/C12H21N3O2/c1-8(2)13-11(16)12(17)15-14-10-7-5-4-6-9(10)3/h8-9H,4-7H2,1-3H3,(H,13,16)(H,15,17)/b14-10-/t9-/m1/s1. The average molecular weight is 239 g/mol. The van der Waals surface area contributed by atoms with E-state index >= 15 is 0 Å². The van der Waals surface area contributed by atoms with Crippen molar-refractivity contribution in [2.45, 2.75) is 52.5 Å². The fourth-order valence-corrected chi connectivity index (χ4v) is 1.84. The minimum Gasteiger partial charge on any atom is -0.346 e. The Balaban J connectivity index is 2.45. The number of nitrogens with one attached hydrogen (secondary N) is 2. The molecule has 0 aromatic rings. The van der Waals surface area contributed by atoms with Crippen LogP contribution >= 0.6 is 0 Å². The van der Waals surface area contributed by atoms with Crippen LogP contribution in [0.15, 0.2) is 5.10 Å². The zero-order valence-electron chi connectivity index (χ0n) is 10.7. The van der Waals surface area contributed by atoms with Crippen LogP contribution in [0.1, 0.15) is 46.5 Å². The lowest BCUT2D eigenvalue weighted by molar-refractivity contribution is -0.139. The van der Waals surface area contributed by atoms with Gasteiger partial charge in [-0.2, -0.15) is 5.10 Å². The minimum atomic E-state index is -0.691. The number of hydrazone groups is 1. The van der Waals surface area contributed by atoms with Gasteiger partial charge in [-0.25, -0.2) is 5.43 Å². The van der Waals surface area contributed by atoms with Gasteiger partial charge in [0.25, 0.3) is 0 Å². The van der Waals surface area contributed by atoms with Crippen LogP contribution in [-0.2, 0) is 9.59 Å². The number of amides is 2. The van der Waals surface area contributed by atoms with Crippen molar-refractivity contribution < 1.29 is 9.59 Å². The second kappa shape index (κ2) is 6.37. The molecule has 5 heteroatoms.